The van der Waals surface area contributed by atoms with Gasteiger partial charge < -0.3 is 14.2 Å². The van der Waals surface area contributed by atoms with Crippen molar-refractivity contribution in [3.8, 4) is 11.5 Å². The van der Waals surface area contributed by atoms with Crippen molar-refractivity contribution in [1.82, 2.24) is 0 Å². The van der Waals surface area contributed by atoms with Crippen LogP contribution in [0.3, 0.4) is 0 Å². The van der Waals surface area contributed by atoms with Crippen LogP contribution in [0.4, 0.5) is 0 Å². The van der Waals surface area contributed by atoms with Crippen molar-refractivity contribution in [3.63, 3.8) is 0 Å². The molecule has 22 heavy (non-hydrogen) atoms. The van der Waals surface area contributed by atoms with Gasteiger partial charge in [-0.2, -0.15) is 0 Å². The Balaban J connectivity index is 2.02. The third kappa shape index (κ3) is 3.78. The lowest BCUT2D eigenvalue weighted by molar-refractivity contribution is 0.0475. The van der Waals surface area contributed by atoms with Crippen LogP contribution < -0.4 is 9.47 Å². The topological polar surface area (TPSA) is 61.8 Å². The van der Waals surface area contributed by atoms with Gasteiger partial charge in [0.05, 0.1) is 29.0 Å². The van der Waals surface area contributed by atoms with Crippen LogP contribution in [0.15, 0.2) is 30.3 Å². The standard InChI is InChI=1S/C15H13ClO5S/c1-19-11-4-3-9(7-12(11)20-2)15(18)21-8-10(17)13-5-6-14(16)22-13/h3-7H,8H2,1-2H3. The molecule has 0 bridgehead atoms. The molecule has 5 nitrogen and oxygen atoms in total. The Bertz CT molecular complexity index is 695. The van der Waals surface area contributed by atoms with Crippen molar-refractivity contribution in [3.05, 3.63) is 45.1 Å². The number of halogens is 1. The maximum absolute atomic E-state index is 12.0. The third-order valence-corrected chi connectivity index (χ3v) is 4.07. The number of benzene rings is 1. The van der Waals surface area contributed by atoms with E-state index >= 15 is 0 Å². The number of carbonyl (C=O) groups is 2. The normalized spacial score (nSPS) is 10.1. The van der Waals surface area contributed by atoms with Gasteiger partial charge in [-0.05, 0) is 30.3 Å². The maximum Gasteiger partial charge on any atom is 0.338 e. The Hall–Kier alpha value is -2.05. The fourth-order valence-corrected chi connectivity index (χ4v) is 2.68. The minimum absolute atomic E-state index is 0.273. The molecular formula is C15H13ClO5S. The summed E-state index contributed by atoms with van der Waals surface area (Å²) in [5.41, 5.74) is 0.273. The van der Waals surface area contributed by atoms with Gasteiger partial charge in [-0.25, -0.2) is 4.79 Å². The Morgan fingerprint density at radius 3 is 2.41 bits per heavy atom. The molecule has 0 unspecified atom stereocenters. The smallest absolute Gasteiger partial charge is 0.338 e. The predicted octanol–water partition coefficient (Wildman–Crippen LogP) is 3.46. The Morgan fingerprint density at radius 1 is 1.09 bits per heavy atom. The van der Waals surface area contributed by atoms with Crippen molar-refractivity contribution in [2.45, 2.75) is 0 Å². The molecule has 0 atom stereocenters. The van der Waals surface area contributed by atoms with Gasteiger partial charge in [0.15, 0.2) is 18.1 Å². The SMILES string of the molecule is COc1ccc(C(=O)OCC(=O)c2ccc(Cl)s2)cc1OC. The van der Waals surface area contributed by atoms with Gasteiger partial charge in [0.25, 0.3) is 0 Å². The first-order valence-electron chi connectivity index (χ1n) is 6.23. The number of esters is 1. The Morgan fingerprint density at radius 2 is 1.82 bits per heavy atom. The molecule has 0 N–H and O–H groups in total. The van der Waals surface area contributed by atoms with Crippen molar-refractivity contribution in [1.29, 1.82) is 0 Å². The number of ether oxygens (including phenoxy) is 3. The summed E-state index contributed by atoms with van der Waals surface area (Å²) in [6.07, 6.45) is 0. The van der Waals surface area contributed by atoms with Gasteiger partial charge in [-0.1, -0.05) is 11.6 Å². The number of rotatable bonds is 6. The van der Waals surface area contributed by atoms with E-state index in [9.17, 15) is 9.59 Å². The summed E-state index contributed by atoms with van der Waals surface area (Å²) in [6.45, 7) is -0.343. The fourth-order valence-electron chi connectivity index (χ4n) is 1.71. The van der Waals surface area contributed by atoms with E-state index in [0.717, 1.165) is 11.3 Å². The first-order valence-corrected chi connectivity index (χ1v) is 7.42. The van der Waals surface area contributed by atoms with E-state index in [1.807, 2.05) is 0 Å². The second-order valence-corrected chi connectivity index (χ2v) is 5.89. The quantitative estimate of drug-likeness (QED) is 0.595. The van der Waals surface area contributed by atoms with Crippen molar-refractivity contribution < 1.29 is 23.8 Å². The Labute approximate surface area is 136 Å². The molecule has 0 radical (unpaired) electrons. The van der Waals surface area contributed by atoms with Gasteiger partial charge in [0.2, 0.25) is 5.78 Å². The average Bonchev–Trinajstić information content (AvgIpc) is 2.98. The zero-order valence-corrected chi connectivity index (χ0v) is 13.5. The van der Waals surface area contributed by atoms with Gasteiger partial charge in [0, 0.05) is 0 Å². The summed E-state index contributed by atoms with van der Waals surface area (Å²) in [5, 5.41) is 0. The molecule has 0 spiro atoms. The van der Waals surface area contributed by atoms with Gasteiger partial charge in [0.1, 0.15) is 0 Å². The number of methoxy groups -OCH3 is 2. The van der Waals surface area contributed by atoms with E-state index in [0.29, 0.717) is 20.7 Å². The molecule has 7 heteroatoms. The highest BCUT2D eigenvalue weighted by molar-refractivity contribution is 7.18. The third-order valence-electron chi connectivity index (χ3n) is 2.80. The number of hydrogen-bond acceptors (Lipinski definition) is 6. The highest BCUT2D eigenvalue weighted by atomic mass is 35.5. The van der Waals surface area contributed by atoms with Crippen LogP contribution in [0.1, 0.15) is 20.0 Å². The second-order valence-electron chi connectivity index (χ2n) is 4.17. The summed E-state index contributed by atoms with van der Waals surface area (Å²) in [4.78, 5) is 24.3. The van der Waals surface area contributed by atoms with E-state index in [-0.39, 0.29) is 18.0 Å². The highest BCUT2D eigenvalue weighted by Gasteiger charge is 2.15. The van der Waals surface area contributed by atoms with E-state index in [1.165, 1.54) is 26.4 Å². The van der Waals surface area contributed by atoms with E-state index < -0.39 is 5.97 Å². The second kappa shape index (κ2) is 7.29. The highest BCUT2D eigenvalue weighted by Crippen LogP contribution is 2.28. The molecular weight excluding hydrogens is 328 g/mol. The molecule has 0 aliphatic rings. The van der Waals surface area contributed by atoms with Gasteiger partial charge >= 0.3 is 5.97 Å². The van der Waals surface area contributed by atoms with Crippen LogP contribution >= 0.6 is 22.9 Å². The Kier molecular flexibility index (Phi) is 5.41. The minimum atomic E-state index is -0.614. The molecule has 0 saturated heterocycles. The molecule has 1 aromatic heterocycles. The molecule has 0 aliphatic heterocycles. The minimum Gasteiger partial charge on any atom is -0.493 e. The number of ketones is 1. The molecule has 0 saturated carbocycles. The molecule has 0 aliphatic carbocycles. The van der Waals surface area contributed by atoms with Crippen LogP contribution in [-0.2, 0) is 4.74 Å². The van der Waals surface area contributed by atoms with Crippen LogP contribution in [0, 0.1) is 0 Å². The fraction of sp³-hybridized carbons (Fsp3) is 0.200. The van der Waals surface area contributed by atoms with Crippen LogP contribution in [0.2, 0.25) is 4.34 Å². The number of carbonyl (C=O) groups excluding carboxylic acids is 2. The van der Waals surface area contributed by atoms with E-state index in [1.54, 1.807) is 18.2 Å². The number of hydrogen-bond donors (Lipinski definition) is 0. The summed E-state index contributed by atoms with van der Waals surface area (Å²) in [7, 11) is 2.97. The molecule has 0 amide bonds. The van der Waals surface area contributed by atoms with E-state index in [4.69, 9.17) is 25.8 Å². The molecule has 2 rings (SSSR count). The zero-order valence-electron chi connectivity index (χ0n) is 11.9. The van der Waals surface area contributed by atoms with Crippen LogP contribution in [0.25, 0.3) is 0 Å². The average molecular weight is 341 g/mol. The molecule has 116 valence electrons. The molecule has 2 aromatic rings. The molecule has 0 fully saturated rings. The molecule has 1 heterocycles. The van der Waals surface area contributed by atoms with Crippen molar-refractivity contribution >= 4 is 34.7 Å². The first kappa shape index (κ1) is 16.3. The van der Waals surface area contributed by atoms with E-state index in [2.05, 4.69) is 0 Å². The van der Waals surface area contributed by atoms with Crippen molar-refractivity contribution in [2.24, 2.45) is 0 Å². The van der Waals surface area contributed by atoms with Gasteiger partial charge in [-0.3, -0.25) is 4.79 Å². The zero-order chi connectivity index (χ0) is 16.1. The predicted molar refractivity (Wildman–Crippen MR) is 83.5 cm³/mol. The largest absolute Gasteiger partial charge is 0.493 e. The monoisotopic (exact) mass is 340 g/mol. The lowest BCUT2D eigenvalue weighted by atomic mass is 10.2. The first-order chi connectivity index (χ1) is 10.5. The summed E-state index contributed by atoms with van der Waals surface area (Å²) in [6, 6.07) is 7.84. The number of thiophene rings is 1. The van der Waals surface area contributed by atoms with Crippen LogP contribution in [-0.4, -0.2) is 32.6 Å². The lowest BCUT2D eigenvalue weighted by Crippen LogP contribution is -2.13. The maximum atomic E-state index is 12.0. The molecule has 1 aromatic carbocycles. The summed E-state index contributed by atoms with van der Waals surface area (Å²) >= 11 is 6.90. The van der Waals surface area contributed by atoms with Crippen LogP contribution in [0.5, 0.6) is 11.5 Å². The summed E-state index contributed by atoms with van der Waals surface area (Å²) in [5.74, 6) is -0.000600. The summed E-state index contributed by atoms with van der Waals surface area (Å²) < 4.78 is 15.7. The van der Waals surface area contributed by atoms with Gasteiger partial charge in [-0.15, -0.1) is 11.3 Å². The van der Waals surface area contributed by atoms with Crippen molar-refractivity contribution in [2.75, 3.05) is 20.8 Å². The lowest BCUT2D eigenvalue weighted by Gasteiger charge is -2.09. The number of Topliss-reactive ketones (excluding diaryl/α,β-unsaturated/α-hetero) is 1.